The fraction of sp³-hybridized carbons (Fsp3) is 0. The van der Waals surface area contributed by atoms with Crippen LogP contribution in [0.4, 0.5) is 0 Å². The summed E-state index contributed by atoms with van der Waals surface area (Å²) in [5, 5.41) is 1.07. The summed E-state index contributed by atoms with van der Waals surface area (Å²) in [6.45, 7) is 0. The topological polar surface area (TPSA) is 54.4 Å². The van der Waals surface area contributed by atoms with Crippen molar-refractivity contribution in [2.24, 2.45) is 0 Å². The van der Waals surface area contributed by atoms with Crippen molar-refractivity contribution in [1.29, 1.82) is 0 Å². The summed E-state index contributed by atoms with van der Waals surface area (Å²) in [4.78, 5) is -0.0970. The van der Waals surface area contributed by atoms with Gasteiger partial charge < -0.3 is 0 Å². The summed E-state index contributed by atoms with van der Waals surface area (Å²) in [6.07, 6.45) is 0. The first-order valence-electron chi connectivity index (χ1n) is 3.87. The van der Waals surface area contributed by atoms with Crippen molar-refractivity contribution in [3.8, 4) is 0 Å². The molecule has 0 aromatic heterocycles. The zero-order chi connectivity index (χ0) is 10.2. The fourth-order valence-corrected chi connectivity index (χ4v) is 2.00. The number of rotatable bonds is 1. The second kappa shape index (κ2) is 3.08. The van der Waals surface area contributed by atoms with Crippen LogP contribution in [-0.4, -0.2) is 13.0 Å². The van der Waals surface area contributed by atoms with Crippen LogP contribution in [0.15, 0.2) is 35.2 Å². The van der Waals surface area contributed by atoms with Gasteiger partial charge >= 0.3 is 0 Å². The fourth-order valence-electron chi connectivity index (χ4n) is 1.29. The molecular weight excluding hydrogens is 200 g/mol. The molecule has 0 bridgehead atoms. The Labute approximate surface area is 81.7 Å². The predicted molar refractivity (Wildman–Crippen MR) is 51.4 cm³/mol. The van der Waals surface area contributed by atoms with Crippen LogP contribution in [0.2, 0.25) is 0 Å². The molecule has 1 N–H and O–H groups in total. The highest BCUT2D eigenvalue weighted by Gasteiger charge is 2.12. The summed E-state index contributed by atoms with van der Waals surface area (Å²) < 4.78 is 30.9. The number of benzene rings is 2. The van der Waals surface area contributed by atoms with Gasteiger partial charge in [-0.25, -0.2) is 0 Å². The third-order valence-corrected chi connectivity index (χ3v) is 2.80. The summed E-state index contributed by atoms with van der Waals surface area (Å²) in [5.41, 5.74) is 0. The van der Waals surface area contributed by atoms with Crippen molar-refractivity contribution in [1.82, 2.24) is 0 Å². The van der Waals surface area contributed by atoms with E-state index in [1.165, 1.54) is 6.07 Å². The molecule has 0 aliphatic heterocycles. The molecule has 0 unspecified atom stereocenters. The third kappa shape index (κ3) is 1.49. The minimum absolute atomic E-state index is 0.0970. The van der Waals surface area contributed by atoms with E-state index in [0.717, 1.165) is 0 Å². The molecule has 2 aromatic carbocycles. The Hall–Kier alpha value is -1.39. The Kier molecular flexibility index (Phi) is 2.02. The zero-order valence-electron chi connectivity index (χ0n) is 7.06. The maximum Gasteiger partial charge on any atom is 0.295 e. The zero-order valence-corrected chi connectivity index (χ0v) is 7.88. The van der Waals surface area contributed by atoms with E-state index in [4.69, 9.17) is 4.55 Å². The maximum absolute atomic E-state index is 11.0. The normalized spacial score (nSPS) is 11.8. The molecule has 14 heavy (non-hydrogen) atoms. The van der Waals surface area contributed by atoms with Crippen LogP contribution in [0.1, 0.15) is 0 Å². The van der Waals surface area contributed by atoms with E-state index in [1.807, 2.05) is 0 Å². The highest BCUT2D eigenvalue weighted by Crippen LogP contribution is 2.21. The van der Waals surface area contributed by atoms with E-state index in [2.05, 4.69) is 12.1 Å². The predicted octanol–water partition coefficient (Wildman–Crippen LogP) is 1.69. The molecule has 3 nitrogen and oxygen atoms in total. The van der Waals surface area contributed by atoms with Crippen molar-refractivity contribution in [2.75, 3.05) is 0 Å². The standard InChI is InChI=1S/C10H6O3S/c11-14(12,13)10-7-3-5-8-4-1-2-6-9(8)10/h2-3,5-7H,(H,11,12,13). The van der Waals surface area contributed by atoms with Gasteiger partial charge in [-0.3, -0.25) is 4.55 Å². The number of hydrogen-bond donors (Lipinski definition) is 1. The first-order chi connectivity index (χ1) is 6.59. The molecule has 0 fully saturated rings. The van der Waals surface area contributed by atoms with E-state index < -0.39 is 10.1 Å². The van der Waals surface area contributed by atoms with Crippen LogP contribution in [0, 0.1) is 12.1 Å². The Balaban J connectivity index is 2.92. The highest BCUT2D eigenvalue weighted by molar-refractivity contribution is 7.86. The Morgan fingerprint density at radius 2 is 2.00 bits per heavy atom. The molecule has 0 saturated carbocycles. The molecule has 0 aliphatic carbocycles. The molecule has 0 atom stereocenters. The van der Waals surface area contributed by atoms with Crippen molar-refractivity contribution >= 4 is 20.9 Å². The van der Waals surface area contributed by atoms with E-state index in [0.29, 0.717) is 10.8 Å². The van der Waals surface area contributed by atoms with Gasteiger partial charge in [0.25, 0.3) is 10.1 Å². The molecule has 2 radical (unpaired) electrons. The average Bonchev–Trinajstić information content (AvgIpc) is 2.15. The quantitative estimate of drug-likeness (QED) is 0.722. The van der Waals surface area contributed by atoms with Gasteiger partial charge in [0, 0.05) is 5.39 Å². The Morgan fingerprint density at radius 3 is 2.71 bits per heavy atom. The van der Waals surface area contributed by atoms with Gasteiger partial charge in [0.15, 0.2) is 0 Å². The van der Waals surface area contributed by atoms with Crippen LogP contribution >= 0.6 is 0 Å². The second-order valence-corrected chi connectivity index (χ2v) is 4.19. The smallest absolute Gasteiger partial charge is 0.282 e. The first-order valence-corrected chi connectivity index (χ1v) is 5.31. The average molecular weight is 206 g/mol. The second-order valence-electron chi connectivity index (χ2n) is 2.80. The summed E-state index contributed by atoms with van der Waals surface area (Å²) >= 11 is 0. The van der Waals surface area contributed by atoms with Gasteiger partial charge in [-0.15, -0.1) is 0 Å². The highest BCUT2D eigenvalue weighted by atomic mass is 32.2. The molecule has 0 heterocycles. The van der Waals surface area contributed by atoms with Gasteiger partial charge in [-0.2, -0.15) is 8.42 Å². The van der Waals surface area contributed by atoms with Crippen LogP contribution in [-0.2, 0) is 10.1 Å². The van der Waals surface area contributed by atoms with Crippen molar-refractivity contribution < 1.29 is 13.0 Å². The molecule has 0 amide bonds. The van der Waals surface area contributed by atoms with Crippen molar-refractivity contribution in [2.45, 2.75) is 4.90 Å². The molecule has 2 rings (SSSR count). The van der Waals surface area contributed by atoms with E-state index in [1.54, 1.807) is 24.3 Å². The number of hydrogen-bond acceptors (Lipinski definition) is 2. The van der Waals surface area contributed by atoms with E-state index in [-0.39, 0.29) is 4.90 Å². The van der Waals surface area contributed by atoms with E-state index in [9.17, 15) is 8.42 Å². The number of fused-ring (bicyclic) bond motifs is 1. The first kappa shape index (κ1) is 9.18. The Morgan fingerprint density at radius 1 is 1.21 bits per heavy atom. The van der Waals surface area contributed by atoms with Crippen LogP contribution in [0.3, 0.4) is 0 Å². The van der Waals surface area contributed by atoms with Gasteiger partial charge in [0.2, 0.25) is 0 Å². The van der Waals surface area contributed by atoms with Crippen LogP contribution < -0.4 is 0 Å². The maximum atomic E-state index is 11.0. The lowest BCUT2D eigenvalue weighted by Crippen LogP contribution is -1.98. The molecule has 0 aliphatic rings. The summed E-state index contributed by atoms with van der Waals surface area (Å²) in [6, 6.07) is 13.2. The minimum atomic E-state index is -4.16. The minimum Gasteiger partial charge on any atom is -0.282 e. The van der Waals surface area contributed by atoms with Crippen LogP contribution in [0.5, 0.6) is 0 Å². The molecule has 70 valence electrons. The molecule has 0 saturated heterocycles. The lowest BCUT2D eigenvalue weighted by molar-refractivity contribution is 0.484. The van der Waals surface area contributed by atoms with Crippen molar-refractivity contribution in [3.05, 3.63) is 42.5 Å². The lowest BCUT2D eigenvalue weighted by atomic mass is 10.1. The molecular formula is C10H6O3S. The van der Waals surface area contributed by atoms with Gasteiger partial charge in [0.05, 0.1) is 0 Å². The van der Waals surface area contributed by atoms with Gasteiger partial charge in [-0.1, -0.05) is 24.3 Å². The van der Waals surface area contributed by atoms with Crippen LogP contribution in [0.25, 0.3) is 10.8 Å². The molecule has 2 aromatic rings. The molecule has 4 heteroatoms. The molecule has 0 spiro atoms. The van der Waals surface area contributed by atoms with Crippen molar-refractivity contribution in [3.63, 3.8) is 0 Å². The summed E-state index contributed by atoms with van der Waals surface area (Å²) in [5.74, 6) is 0. The van der Waals surface area contributed by atoms with E-state index >= 15 is 0 Å². The Bertz CT molecular complexity index is 567. The van der Waals surface area contributed by atoms with Gasteiger partial charge in [-0.05, 0) is 23.6 Å². The SMILES string of the molecule is O=S(=O)(O)c1cccc2[c][c]ccc12. The monoisotopic (exact) mass is 206 g/mol. The summed E-state index contributed by atoms with van der Waals surface area (Å²) in [7, 11) is -4.16. The largest absolute Gasteiger partial charge is 0.295 e. The lowest BCUT2D eigenvalue weighted by Gasteiger charge is -2.01. The van der Waals surface area contributed by atoms with Gasteiger partial charge in [0.1, 0.15) is 4.90 Å². The third-order valence-electron chi connectivity index (χ3n) is 1.88.